The third-order valence-corrected chi connectivity index (χ3v) is 4.18. The van der Waals surface area contributed by atoms with Crippen LogP contribution in [0.15, 0.2) is 53.1 Å². The molecule has 20 heavy (non-hydrogen) atoms. The topological polar surface area (TPSA) is 41.8 Å². The first-order valence-electron chi connectivity index (χ1n) is 6.80. The molecule has 2 nitrogen and oxygen atoms in total. The van der Waals surface area contributed by atoms with E-state index in [1.807, 2.05) is 6.07 Å². The third kappa shape index (κ3) is 2.65. The molecule has 0 saturated heterocycles. The second kappa shape index (κ2) is 5.81. The maximum absolute atomic E-state index is 5.68. The molecular weight excluding hydrogens is 312 g/mol. The Morgan fingerprint density at radius 1 is 1.05 bits per heavy atom. The third-order valence-electron chi connectivity index (χ3n) is 3.55. The van der Waals surface area contributed by atoms with Gasteiger partial charge < -0.3 is 10.7 Å². The molecule has 0 aliphatic rings. The zero-order chi connectivity index (χ0) is 13.9. The van der Waals surface area contributed by atoms with Crippen molar-refractivity contribution >= 4 is 26.8 Å². The van der Waals surface area contributed by atoms with Gasteiger partial charge in [-0.15, -0.1) is 0 Å². The Kier molecular flexibility index (Phi) is 3.90. The van der Waals surface area contributed by atoms with E-state index >= 15 is 0 Å². The summed E-state index contributed by atoms with van der Waals surface area (Å²) in [5.41, 5.74) is 10.8. The number of hydrogen-bond acceptors (Lipinski definition) is 1. The number of benzene rings is 2. The Labute approximate surface area is 127 Å². The van der Waals surface area contributed by atoms with Gasteiger partial charge in [0.1, 0.15) is 0 Å². The molecule has 0 aliphatic heterocycles. The molecule has 3 aromatic rings. The van der Waals surface area contributed by atoms with Gasteiger partial charge in [0.2, 0.25) is 0 Å². The minimum absolute atomic E-state index is 0.674. The van der Waals surface area contributed by atoms with Crippen LogP contribution in [0.25, 0.3) is 10.9 Å². The van der Waals surface area contributed by atoms with E-state index in [4.69, 9.17) is 5.73 Å². The van der Waals surface area contributed by atoms with Crippen LogP contribution in [-0.2, 0) is 12.8 Å². The zero-order valence-corrected chi connectivity index (χ0v) is 12.8. The number of rotatable bonds is 4. The Hall–Kier alpha value is -1.58. The van der Waals surface area contributed by atoms with E-state index < -0.39 is 0 Å². The minimum Gasteiger partial charge on any atom is -0.360 e. The Bertz CT molecular complexity index is 716. The Morgan fingerprint density at radius 3 is 2.60 bits per heavy atom. The number of nitrogens with one attached hydrogen (secondary N) is 1. The molecular formula is C17H17BrN2. The number of H-pyrrole nitrogens is 1. The zero-order valence-electron chi connectivity index (χ0n) is 11.2. The summed E-state index contributed by atoms with van der Waals surface area (Å²) in [5.74, 6) is 0. The largest absolute Gasteiger partial charge is 0.360 e. The van der Waals surface area contributed by atoms with Gasteiger partial charge in [-0.1, -0.05) is 30.3 Å². The van der Waals surface area contributed by atoms with Gasteiger partial charge in [0, 0.05) is 16.1 Å². The number of fused-ring (bicyclic) bond motifs is 1. The average molecular weight is 329 g/mol. The van der Waals surface area contributed by atoms with E-state index in [1.165, 1.54) is 22.1 Å². The van der Waals surface area contributed by atoms with Crippen LogP contribution in [0.1, 0.15) is 16.7 Å². The van der Waals surface area contributed by atoms with E-state index in [0.29, 0.717) is 6.54 Å². The van der Waals surface area contributed by atoms with E-state index in [0.717, 1.165) is 22.8 Å². The summed E-state index contributed by atoms with van der Waals surface area (Å²) >= 11 is 3.66. The van der Waals surface area contributed by atoms with Crippen molar-refractivity contribution in [3.63, 3.8) is 0 Å². The molecule has 0 bridgehead atoms. The number of aromatic amines is 1. The standard InChI is InChI=1S/C17H17BrN2/c18-16-10-13(8-12-4-2-1-3-5-12)9-15-14(6-7-19)11-20-17(15)16/h1-5,9-11,20H,6-8,19H2. The summed E-state index contributed by atoms with van der Waals surface area (Å²) < 4.78 is 1.12. The smallest absolute Gasteiger partial charge is 0.0601 e. The normalized spacial score (nSPS) is 11.1. The number of nitrogens with two attached hydrogens (primary N) is 1. The maximum Gasteiger partial charge on any atom is 0.0601 e. The quantitative estimate of drug-likeness (QED) is 0.746. The van der Waals surface area contributed by atoms with Crippen LogP contribution in [0.4, 0.5) is 0 Å². The number of halogens is 1. The van der Waals surface area contributed by atoms with Crippen LogP contribution in [0.3, 0.4) is 0 Å². The van der Waals surface area contributed by atoms with Gasteiger partial charge in [0.05, 0.1) is 5.52 Å². The molecule has 0 unspecified atom stereocenters. The fourth-order valence-corrected chi connectivity index (χ4v) is 3.22. The van der Waals surface area contributed by atoms with Gasteiger partial charge in [-0.05, 0) is 64.1 Å². The van der Waals surface area contributed by atoms with Crippen molar-refractivity contribution in [2.45, 2.75) is 12.8 Å². The van der Waals surface area contributed by atoms with E-state index in [2.05, 4.69) is 63.5 Å². The highest BCUT2D eigenvalue weighted by atomic mass is 79.9. The molecule has 1 heterocycles. The van der Waals surface area contributed by atoms with Gasteiger partial charge in [0.15, 0.2) is 0 Å². The average Bonchev–Trinajstić information content (AvgIpc) is 2.84. The minimum atomic E-state index is 0.674. The van der Waals surface area contributed by atoms with Crippen molar-refractivity contribution in [3.8, 4) is 0 Å². The molecule has 0 fully saturated rings. The molecule has 3 heteroatoms. The lowest BCUT2D eigenvalue weighted by Gasteiger charge is -2.05. The van der Waals surface area contributed by atoms with Crippen LogP contribution in [0.5, 0.6) is 0 Å². The van der Waals surface area contributed by atoms with Crippen molar-refractivity contribution < 1.29 is 0 Å². The van der Waals surface area contributed by atoms with Crippen molar-refractivity contribution in [1.82, 2.24) is 4.98 Å². The van der Waals surface area contributed by atoms with E-state index in [-0.39, 0.29) is 0 Å². The SMILES string of the molecule is NCCc1c[nH]c2c(Br)cc(Cc3ccccc3)cc12. The van der Waals surface area contributed by atoms with Gasteiger partial charge in [-0.2, -0.15) is 0 Å². The summed E-state index contributed by atoms with van der Waals surface area (Å²) in [4.78, 5) is 3.33. The molecule has 102 valence electrons. The number of hydrogen-bond donors (Lipinski definition) is 2. The van der Waals surface area contributed by atoms with Crippen molar-refractivity contribution in [2.24, 2.45) is 5.73 Å². The molecule has 0 spiro atoms. The fourth-order valence-electron chi connectivity index (χ4n) is 2.60. The molecule has 1 aromatic heterocycles. The molecule has 3 N–H and O–H groups in total. The predicted molar refractivity (Wildman–Crippen MR) is 88.0 cm³/mol. The molecule has 3 rings (SSSR count). The monoisotopic (exact) mass is 328 g/mol. The second-order valence-electron chi connectivity index (χ2n) is 5.02. The Morgan fingerprint density at radius 2 is 1.85 bits per heavy atom. The van der Waals surface area contributed by atoms with Gasteiger partial charge in [0.25, 0.3) is 0 Å². The molecule has 0 saturated carbocycles. The highest BCUT2D eigenvalue weighted by Crippen LogP contribution is 2.29. The highest BCUT2D eigenvalue weighted by molar-refractivity contribution is 9.10. The number of aromatic nitrogens is 1. The van der Waals surface area contributed by atoms with Crippen LogP contribution in [0, 0.1) is 0 Å². The molecule has 0 amide bonds. The van der Waals surface area contributed by atoms with Crippen LogP contribution >= 0.6 is 15.9 Å². The van der Waals surface area contributed by atoms with Crippen LogP contribution in [-0.4, -0.2) is 11.5 Å². The predicted octanol–water partition coefficient (Wildman–Crippen LogP) is 4.02. The fraction of sp³-hybridized carbons (Fsp3) is 0.176. The van der Waals surface area contributed by atoms with Crippen molar-refractivity contribution in [1.29, 1.82) is 0 Å². The summed E-state index contributed by atoms with van der Waals surface area (Å²) in [7, 11) is 0. The van der Waals surface area contributed by atoms with E-state index in [9.17, 15) is 0 Å². The summed E-state index contributed by atoms with van der Waals surface area (Å²) in [6, 6.07) is 15.0. The first-order chi connectivity index (χ1) is 9.78. The molecule has 2 aromatic carbocycles. The first kappa shape index (κ1) is 13.4. The van der Waals surface area contributed by atoms with Crippen LogP contribution < -0.4 is 5.73 Å². The second-order valence-corrected chi connectivity index (χ2v) is 5.87. The van der Waals surface area contributed by atoms with Crippen LogP contribution in [0.2, 0.25) is 0 Å². The first-order valence-corrected chi connectivity index (χ1v) is 7.59. The molecule has 0 aliphatic carbocycles. The lowest BCUT2D eigenvalue weighted by molar-refractivity contribution is 0.976. The van der Waals surface area contributed by atoms with Crippen molar-refractivity contribution in [3.05, 3.63) is 69.8 Å². The lowest BCUT2D eigenvalue weighted by Crippen LogP contribution is -2.01. The highest BCUT2D eigenvalue weighted by Gasteiger charge is 2.08. The molecule has 0 radical (unpaired) electrons. The lowest BCUT2D eigenvalue weighted by atomic mass is 10.0. The summed E-state index contributed by atoms with van der Waals surface area (Å²) in [6.45, 7) is 0.674. The van der Waals surface area contributed by atoms with Gasteiger partial charge >= 0.3 is 0 Å². The van der Waals surface area contributed by atoms with E-state index in [1.54, 1.807) is 0 Å². The van der Waals surface area contributed by atoms with Gasteiger partial charge in [-0.3, -0.25) is 0 Å². The van der Waals surface area contributed by atoms with Gasteiger partial charge in [-0.25, -0.2) is 0 Å². The molecule has 0 atom stereocenters. The maximum atomic E-state index is 5.68. The Balaban J connectivity index is 2.01. The summed E-state index contributed by atoms with van der Waals surface area (Å²) in [5, 5.41) is 1.27. The van der Waals surface area contributed by atoms with Crippen molar-refractivity contribution in [2.75, 3.05) is 6.54 Å². The summed E-state index contributed by atoms with van der Waals surface area (Å²) in [6.07, 6.45) is 3.92.